The summed E-state index contributed by atoms with van der Waals surface area (Å²) in [6.45, 7) is 0.434. The van der Waals surface area contributed by atoms with Crippen LogP contribution in [0.3, 0.4) is 0 Å². The highest BCUT2D eigenvalue weighted by atomic mass is 16.6. The van der Waals surface area contributed by atoms with E-state index in [1.165, 1.54) is 0 Å². The summed E-state index contributed by atoms with van der Waals surface area (Å²) >= 11 is 0. The van der Waals surface area contributed by atoms with E-state index < -0.39 is 0 Å². The largest absolute Gasteiger partial charge is 0.495 e. The molecule has 0 saturated carbocycles. The van der Waals surface area contributed by atoms with E-state index in [9.17, 15) is 0 Å². The lowest BCUT2D eigenvalue weighted by Crippen LogP contribution is -2.02. The van der Waals surface area contributed by atoms with Crippen molar-refractivity contribution in [3.8, 4) is 5.75 Å². The first-order valence-corrected chi connectivity index (χ1v) is 5.65. The summed E-state index contributed by atoms with van der Waals surface area (Å²) in [5.74, 6) is 0.676. The highest BCUT2D eigenvalue weighted by Crippen LogP contribution is 2.22. The Morgan fingerprint density at radius 3 is 2.56 bits per heavy atom. The molecule has 0 atom stereocenters. The van der Waals surface area contributed by atoms with Crippen LogP contribution in [0.5, 0.6) is 5.75 Å². The smallest absolute Gasteiger partial charge is 0.141 e. The standard InChI is InChI=1S/C14H16N2O2/c1-17-14-8-7-11(9-13(14)15)10-18-16-12-5-3-2-4-6-12/h2-9,16H,10,15H2,1H3. The normalized spacial score (nSPS) is 10.1. The molecule has 2 aromatic rings. The van der Waals surface area contributed by atoms with Gasteiger partial charge < -0.3 is 10.5 Å². The van der Waals surface area contributed by atoms with Gasteiger partial charge in [0.25, 0.3) is 0 Å². The molecule has 2 rings (SSSR count). The fraction of sp³-hybridized carbons (Fsp3) is 0.143. The van der Waals surface area contributed by atoms with Crippen molar-refractivity contribution in [2.75, 3.05) is 18.3 Å². The summed E-state index contributed by atoms with van der Waals surface area (Å²) in [4.78, 5) is 5.39. The Morgan fingerprint density at radius 2 is 1.89 bits per heavy atom. The van der Waals surface area contributed by atoms with Crippen LogP contribution in [0.1, 0.15) is 5.56 Å². The maximum atomic E-state index is 5.81. The highest BCUT2D eigenvalue weighted by molar-refractivity contribution is 5.54. The first-order chi connectivity index (χ1) is 8.79. The Morgan fingerprint density at radius 1 is 1.11 bits per heavy atom. The third kappa shape index (κ3) is 3.15. The SMILES string of the molecule is COc1ccc(CONc2ccccc2)cc1N. The van der Waals surface area contributed by atoms with Crippen LogP contribution >= 0.6 is 0 Å². The summed E-state index contributed by atoms with van der Waals surface area (Å²) in [5.41, 5.74) is 11.2. The van der Waals surface area contributed by atoms with Gasteiger partial charge in [0.2, 0.25) is 0 Å². The first-order valence-electron chi connectivity index (χ1n) is 5.65. The number of anilines is 2. The van der Waals surface area contributed by atoms with Gasteiger partial charge in [-0.25, -0.2) is 0 Å². The van der Waals surface area contributed by atoms with Crippen molar-refractivity contribution in [2.24, 2.45) is 0 Å². The second kappa shape index (κ2) is 5.93. The number of para-hydroxylation sites is 1. The Bertz CT molecular complexity index is 500. The average molecular weight is 244 g/mol. The Hall–Kier alpha value is -2.20. The number of nitrogens with one attached hydrogen (secondary N) is 1. The third-order valence-corrected chi connectivity index (χ3v) is 2.50. The molecule has 0 radical (unpaired) electrons. The fourth-order valence-electron chi connectivity index (χ4n) is 1.58. The van der Waals surface area contributed by atoms with E-state index in [2.05, 4.69) is 5.48 Å². The van der Waals surface area contributed by atoms with Crippen molar-refractivity contribution in [3.63, 3.8) is 0 Å². The highest BCUT2D eigenvalue weighted by Gasteiger charge is 2.00. The van der Waals surface area contributed by atoms with Crippen LogP contribution in [0.25, 0.3) is 0 Å². The molecular formula is C14H16N2O2. The summed E-state index contributed by atoms with van der Waals surface area (Å²) in [6.07, 6.45) is 0. The lowest BCUT2D eigenvalue weighted by atomic mass is 10.2. The molecule has 18 heavy (non-hydrogen) atoms. The first kappa shape index (κ1) is 12.3. The summed E-state index contributed by atoms with van der Waals surface area (Å²) in [7, 11) is 1.60. The number of rotatable bonds is 5. The number of nitrogen functional groups attached to an aromatic ring is 1. The molecule has 0 fully saturated rings. The number of hydrogen-bond donors (Lipinski definition) is 2. The van der Waals surface area contributed by atoms with Crippen molar-refractivity contribution in [1.82, 2.24) is 0 Å². The maximum Gasteiger partial charge on any atom is 0.141 e. The average Bonchev–Trinajstić information content (AvgIpc) is 2.40. The van der Waals surface area contributed by atoms with Gasteiger partial charge in [0.15, 0.2) is 0 Å². The molecule has 0 spiro atoms. The molecule has 2 aromatic carbocycles. The van der Waals surface area contributed by atoms with E-state index in [1.54, 1.807) is 7.11 Å². The van der Waals surface area contributed by atoms with Gasteiger partial charge in [-0.3, -0.25) is 10.3 Å². The Balaban J connectivity index is 1.89. The lowest BCUT2D eigenvalue weighted by molar-refractivity contribution is 0.180. The van der Waals surface area contributed by atoms with Gasteiger partial charge in [-0.05, 0) is 29.8 Å². The van der Waals surface area contributed by atoms with Gasteiger partial charge in [-0.2, -0.15) is 0 Å². The van der Waals surface area contributed by atoms with Gasteiger partial charge in [0.05, 0.1) is 25.1 Å². The second-order valence-corrected chi connectivity index (χ2v) is 3.83. The molecule has 0 unspecified atom stereocenters. The van der Waals surface area contributed by atoms with Gasteiger partial charge in [0.1, 0.15) is 5.75 Å². The van der Waals surface area contributed by atoms with Gasteiger partial charge >= 0.3 is 0 Å². The quantitative estimate of drug-likeness (QED) is 0.627. The van der Waals surface area contributed by atoms with Crippen molar-refractivity contribution >= 4 is 11.4 Å². The molecular weight excluding hydrogens is 228 g/mol. The van der Waals surface area contributed by atoms with Crippen molar-refractivity contribution < 1.29 is 9.57 Å². The van der Waals surface area contributed by atoms with Crippen LogP contribution in [0.15, 0.2) is 48.5 Å². The van der Waals surface area contributed by atoms with Gasteiger partial charge in [0, 0.05) is 0 Å². The van der Waals surface area contributed by atoms with E-state index in [-0.39, 0.29) is 0 Å². The van der Waals surface area contributed by atoms with Crippen molar-refractivity contribution in [2.45, 2.75) is 6.61 Å². The minimum absolute atomic E-state index is 0.434. The molecule has 94 valence electrons. The van der Waals surface area contributed by atoms with E-state index >= 15 is 0 Å². The fourth-order valence-corrected chi connectivity index (χ4v) is 1.58. The zero-order valence-electron chi connectivity index (χ0n) is 10.2. The Kier molecular flexibility index (Phi) is 4.04. The van der Waals surface area contributed by atoms with Gasteiger partial charge in [-0.15, -0.1) is 0 Å². The monoisotopic (exact) mass is 244 g/mol. The van der Waals surface area contributed by atoms with E-state index in [0.29, 0.717) is 18.0 Å². The van der Waals surface area contributed by atoms with Crippen LogP contribution in [0, 0.1) is 0 Å². The molecule has 3 N–H and O–H groups in total. The minimum atomic E-state index is 0.434. The van der Waals surface area contributed by atoms with Crippen LogP contribution in [0.4, 0.5) is 11.4 Å². The molecule has 0 heterocycles. The van der Waals surface area contributed by atoms with E-state index in [4.69, 9.17) is 15.3 Å². The zero-order chi connectivity index (χ0) is 12.8. The topological polar surface area (TPSA) is 56.5 Å². The molecule has 0 bridgehead atoms. The number of hydrogen-bond acceptors (Lipinski definition) is 4. The van der Waals surface area contributed by atoms with Crippen LogP contribution in [-0.2, 0) is 11.4 Å². The molecule has 0 aliphatic heterocycles. The van der Waals surface area contributed by atoms with E-state index in [1.807, 2.05) is 48.5 Å². The zero-order valence-corrected chi connectivity index (χ0v) is 10.2. The molecule has 0 amide bonds. The molecule has 0 aliphatic carbocycles. The summed E-state index contributed by atoms with van der Waals surface area (Å²) in [5, 5.41) is 0. The maximum absolute atomic E-state index is 5.81. The lowest BCUT2D eigenvalue weighted by Gasteiger charge is -2.09. The Labute approximate surface area is 106 Å². The third-order valence-electron chi connectivity index (χ3n) is 2.50. The van der Waals surface area contributed by atoms with Gasteiger partial charge in [-0.1, -0.05) is 24.3 Å². The molecule has 0 saturated heterocycles. The summed E-state index contributed by atoms with van der Waals surface area (Å²) in [6, 6.07) is 15.3. The predicted molar refractivity (Wildman–Crippen MR) is 72.3 cm³/mol. The second-order valence-electron chi connectivity index (χ2n) is 3.83. The van der Waals surface area contributed by atoms with Crippen molar-refractivity contribution in [3.05, 3.63) is 54.1 Å². The van der Waals surface area contributed by atoms with E-state index in [0.717, 1.165) is 11.3 Å². The number of nitrogens with two attached hydrogens (primary N) is 1. The molecule has 4 nitrogen and oxygen atoms in total. The van der Waals surface area contributed by atoms with Crippen LogP contribution in [0.2, 0.25) is 0 Å². The number of ether oxygens (including phenoxy) is 1. The molecule has 0 aliphatic rings. The number of methoxy groups -OCH3 is 1. The molecule has 4 heteroatoms. The van der Waals surface area contributed by atoms with Crippen molar-refractivity contribution in [1.29, 1.82) is 0 Å². The summed E-state index contributed by atoms with van der Waals surface area (Å²) < 4.78 is 5.09. The minimum Gasteiger partial charge on any atom is -0.495 e. The number of benzene rings is 2. The molecule has 0 aromatic heterocycles. The van der Waals surface area contributed by atoms with Crippen LogP contribution < -0.4 is 16.0 Å². The predicted octanol–water partition coefficient (Wildman–Crippen LogP) is 2.82. The van der Waals surface area contributed by atoms with Crippen LogP contribution in [-0.4, -0.2) is 7.11 Å².